The molecule has 0 spiro atoms. The molecule has 0 fully saturated rings. The smallest absolute Gasteiger partial charge is 0.213 e. The lowest BCUT2D eigenvalue weighted by Gasteiger charge is -2.04. The largest absolute Gasteiger partial charge is 0.444 e. The number of nitrogens with one attached hydrogen (secondary N) is 1. The Hall–Kier alpha value is -1.36. The summed E-state index contributed by atoms with van der Waals surface area (Å²) in [5.74, 6) is 1.17. The molecule has 0 saturated heterocycles. The number of aryl methyl sites for hydroxylation is 2. The standard InChI is InChI=1S/C12H12BrFN2O/c1-7-8(2)17-12(16-7)6-15-9-3-4-11(14)10(13)5-9/h3-5,15H,6H2,1-2H3. The molecule has 2 aromatic rings. The Morgan fingerprint density at radius 1 is 1.41 bits per heavy atom. The molecule has 5 heteroatoms. The number of anilines is 1. The van der Waals surface area contributed by atoms with Crippen LogP contribution in [0.15, 0.2) is 27.1 Å². The third kappa shape index (κ3) is 2.85. The third-order valence-electron chi connectivity index (χ3n) is 2.44. The number of oxazole rings is 1. The van der Waals surface area contributed by atoms with Gasteiger partial charge in [0.15, 0.2) is 0 Å². The predicted molar refractivity (Wildman–Crippen MR) is 67.4 cm³/mol. The van der Waals surface area contributed by atoms with Crippen LogP contribution < -0.4 is 5.32 Å². The van der Waals surface area contributed by atoms with Crippen LogP contribution in [-0.4, -0.2) is 4.98 Å². The number of hydrogen-bond donors (Lipinski definition) is 1. The van der Waals surface area contributed by atoms with Gasteiger partial charge in [0, 0.05) is 5.69 Å². The highest BCUT2D eigenvalue weighted by Gasteiger charge is 2.05. The molecule has 0 unspecified atom stereocenters. The fourth-order valence-electron chi connectivity index (χ4n) is 1.40. The van der Waals surface area contributed by atoms with Crippen LogP contribution in [0.25, 0.3) is 0 Å². The van der Waals surface area contributed by atoms with Gasteiger partial charge in [0.2, 0.25) is 5.89 Å². The molecule has 0 aliphatic heterocycles. The van der Waals surface area contributed by atoms with Gasteiger partial charge in [-0.15, -0.1) is 0 Å². The molecule has 3 nitrogen and oxygen atoms in total. The molecule has 0 aliphatic carbocycles. The maximum absolute atomic E-state index is 13.0. The average Bonchev–Trinajstić information content (AvgIpc) is 2.60. The van der Waals surface area contributed by atoms with E-state index >= 15 is 0 Å². The van der Waals surface area contributed by atoms with E-state index in [2.05, 4.69) is 26.2 Å². The van der Waals surface area contributed by atoms with Gasteiger partial charge in [0.1, 0.15) is 11.6 Å². The summed E-state index contributed by atoms with van der Waals surface area (Å²) < 4.78 is 18.9. The molecule has 1 heterocycles. The molecule has 2 rings (SSSR count). The summed E-state index contributed by atoms with van der Waals surface area (Å²) in [5.41, 5.74) is 1.70. The van der Waals surface area contributed by atoms with Crippen molar-refractivity contribution in [1.82, 2.24) is 4.98 Å². The maximum Gasteiger partial charge on any atom is 0.213 e. The van der Waals surface area contributed by atoms with Crippen molar-refractivity contribution in [2.75, 3.05) is 5.32 Å². The van der Waals surface area contributed by atoms with Gasteiger partial charge in [0.05, 0.1) is 16.7 Å². The topological polar surface area (TPSA) is 38.1 Å². The van der Waals surface area contributed by atoms with Gasteiger partial charge >= 0.3 is 0 Å². The number of hydrogen-bond acceptors (Lipinski definition) is 3. The highest BCUT2D eigenvalue weighted by Crippen LogP contribution is 2.20. The van der Waals surface area contributed by atoms with Gasteiger partial charge in [-0.1, -0.05) is 0 Å². The first kappa shape index (κ1) is 12.1. The molecule has 1 aromatic heterocycles. The van der Waals surface area contributed by atoms with Crippen LogP contribution in [0.1, 0.15) is 17.3 Å². The highest BCUT2D eigenvalue weighted by atomic mass is 79.9. The first-order valence-electron chi connectivity index (χ1n) is 5.18. The van der Waals surface area contributed by atoms with Crippen molar-refractivity contribution in [2.45, 2.75) is 20.4 Å². The van der Waals surface area contributed by atoms with E-state index < -0.39 is 0 Å². The predicted octanol–water partition coefficient (Wildman–Crippen LogP) is 3.81. The molecule has 90 valence electrons. The van der Waals surface area contributed by atoms with Gasteiger partial charge < -0.3 is 9.73 Å². The zero-order valence-corrected chi connectivity index (χ0v) is 11.1. The van der Waals surface area contributed by atoms with Gasteiger partial charge in [-0.05, 0) is 48.0 Å². The molecular formula is C12H12BrFN2O. The SMILES string of the molecule is Cc1nc(CNc2ccc(F)c(Br)c2)oc1C. The van der Waals surface area contributed by atoms with E-state index in [0.29, 0.717) is 16.9 Å². The Bertz CT molecular complexity index is 520. The molecule has 0 aliphatic rings. The molecule has 1 N–H and O–H groups in total. The van der Waals surface area contributed by atoms with Crippen LogP contribution in [0.5, 0.6) is 0 Å². The average molecular weight is 299 g/mol. The van der Waals surface area contributed by atoms with Crippen molar-refractivity contribution in [3.63, 3.8) is 0 Å². The van der Waals surface area contributed by atoms with E-state index in [1.807, 2.05) is 13.8 Å². The Morgan fingerprint density at radius 3 is 2.76 bits per heavy atom. The number of rotatable bonds is 3. The van der Waals surface area contributed by atoms with Crippen LogP contribution in [-0.2, 0) is 6.54 Å². The molecule has 0 radical (unpaired) electrons. The van der Waals surface area contributed by atoms with Crippen LogP contribution in [0, 0.1) is 19.7 Å². The van der Waals surface area contributed by atoms with Gasteiger partial charge in [-0.3, -0.25) is 0 Å². The fourth-order valence-corrected chi connectivity index (χ4v) is 1.78. The lowest BCUT2D eigenvalue weighted by atomic mass is 10.3. The van der Waals surface area contributed by atoms with E-state index in [1.54, 1.807) is 12.1 Å². The summed E-state index contributed by atoms with van der Waals surface area (Å²) in [4.78, 5) is 4.25. The summed E-state index contributed by atoms with van der Waals surface area (Å²) in [7, 11) is 0. The number of nitrogens with zero attached hydrogens (tertiary/aromatic N) is 1. The zero-order valence-electron chi connectivity index (χ0n) is 9.55. The maximum atomic E-state index is 13.0. The van der Waals surface area contributed by atoms with Crippen molar-refractivity contribution >= 4 is 21.6 Å². The quantitative estimate of drug-likeness (QED) is 0.936. The van der Waals surface area contributed by atoms with Crippen LogP contribution >= 0.6 is 15.9 Å². The Labute approximate surface area is 107 Å². The minimum Gasteiger partial charge on any atom is -0.444 e. The van der Waals surface area contributed by atoms with E-state index in [4.69, 9.17) is 4.42 Å². The van der Waals surface area contributed by atoms with Gasteiger partial charge in [-0.2, -0.15) is 0 Å². The van der Waals surface area contributed by atoms with Crippen molar-refractivity contribution in [2.24, 2.45) is 0 Å². The van der Waals surface area contributed by atoms with E-state index in [0.717, 1.165) is 17.1 Å². The zero-order chi connectivity index (χ0) is 12.4. The van der Waals surface area contributed by atoms with Crippen molar-refractivity contribution < 1.29 is 8.81 Å². The molecule has 0 bridgehead atoms. The lowest BCUT2D eigenvalue weighted by molar-refractivity contribution is 0.478. The number of halogens is 2. The van der Waals surface area contributed by atoms with Gasteiger partial charge in [-0.25, -0.2) is 9.37 Å². The summed E-state index contributed by atoms with van der Waals surface area (Å²) >= 11 is 3.13. The monoisotopic (exact) mass is 298 g/mol. The summed E-state index contributed by atoms with van der Waals surface area (Å²) in [6.45, 7) is 4.25. The molecule has 1 aromatic carbocycles. The normalized spacial score (nSPS) is 10.6. The van der Waals surface area contributed by atoms with Crippen molar-refractivity contribution in [1.29, 1.82) is 0 Å². The summed E-state index contributed by atoms with van der Waals surface area (Å²) in [5, 5.41) is 3.12. The van der Waals surface area contributed by atoms with Crippen LogP contribution in [0.2, 0.25) is 0 Å². The second-order valence-electron chi connectivity index (χ2n) is 3.73. The molecule has 0 saturated carbocycles. The lowest BCUT2D eigenvalue weighted by Crippen LogP contribution is -1.99. The van der Waals surface area contributed by atoms with Gasteiger partial charge in [0.25, 0.3) is 0 Å². The Balaban J connectivity index is 2.04. The Morgan fingerprint density at radius 2 is 2.18 bits per heavy atom. The first-order valence-corrected chi connectivity index (χ1v) is 5.97. The number of benzene rings is 1. The van der Waals surface area contributed by atoms with E-state index in [1.165, 1.54) is 6.07 Å². The minimum atomic E-state index is -0.279. The molecular weight excluding hydrogens is 287 g/mol. The van der Waals surface area contributed by atoms with Crippen LogP contribution in [0.4, 0.5) is 10.1 Å². The fraction of sp³-hybridized carbons (Fsp3) is 0.250. The minimum absolute atomic E-state index is 0.279. The van der Waals surface area contributed by atoms with E-state index in [9.17, 15) is 4.39 Å². The number of aromatic nitrogens is 1. The van der Waals surface area contributed by atoms with E-state index in [-0.39, 0.29) is 5.82 Å². The van der Waals surface area contributed by atoms with Crippen molar-refractivity contribution in [3.05, 3.63) is 45.8 Å². The molecule has 0 atom stereocenters. The van der Waals surface area contributed by atoms with Crippen molar-refractivity contribution in [3.8, 4) is 0 Å². The summed E-state index contributed by atoms with van der Waals surface area (Å²) in [6, 6.07) is 4.75. The summed E-state index contributed by atoms with van der Waals surface area (Å²) in [6.07, 6.45) is 0. The Kier molecular flexibility index (Phi) is 3.47. The molecule has 17 heavy (non-hydrogen) atoms. The third-order valence-corrected chi connectivity index (χ3v) is 3.04. The second kappa shape index (κ2) is 4.87. The van der Waals surface area contributed by atoms with Crippen LogP contribution in [0.3, 0.4) is 0 Å². The highest BCUT2D eigenvalue weighted by molar-refractivity contribution is 9.10. The molecule has 0 amide bonds. The first-order chi connectivity index (χ1) is 8.06. The second-order valence-corrected chi connectivity index (χ2v) is 4.59.